The smallest absolute Gasteiger partial charge is 0.246 e. The first-order chi connectivity index (χ1) is 13.2. The summed E-state index contributed by atoms with van der Waals surface area (Å²) in [7, 11) is 0. The third-order valence-electron chi connectivity index (χ3n) is 5.48. The second kappa shape index (κ2) is 8.50. The maximum atomic E-state index is 12.8. The summed E-state index contributed by atoms with van der Waals surface area (Å²) in [5.74, 6) is 0.338. The van der Waals surface area contributed by atoms with E-state index in [0.717, 1.165) is 65.1 Å². The lowest BCUT2D eigenvalue weighted by molar-refractivity contribution is -0.122. The second-order valence-electron chi connectivity index (χ2n) is 7.21. The summed E-state index contributed by atoms with van der Waals surface area (Å²) < 4.78 is 8.41. The summed E-state index contributed by atoms with van der Waals surface area (Å²) in [6.07, 6.45) is 8.31. The highest BCUT2D eigenvalue weighted by atomic mass is 35.5. The molecule has 1 aliphatic carbocycles. The molecule has 27 heavy (non-hydrogen) atoms. The Kier molecular flexibility index (Phi) is 5.85. The van der Waals surface area contributed by atoms with E-state index in [-0.39, 0.29) is 11.8 Å². The van der Waals surface area contributed by atoms with Gasteiger partial charge >= 0.3 is 0 Å². The monoisotopic (exact) mass is 392 g/mol. The fourth-order valence-electron chi connectivity index (χ4n) is 3.88. The number of hydrogen-bond acceptors (Lipinski definition) is 6. The van der Waals surface area contributed by atoms with Crippen molar-refractivity contribution in [1.29, 1.82) is 0 Å². The molecule has 0 spiro atoms. The molecule has 2 fully saturated rings. The number of aromatic nitrogens is 4. The molecule has 3 heterocycles. The zero-order valence-corrected chi connectivity index (χ0v) is 16.1. The van der Waals surface area contributed by atoms with Crippen molar-refractivity contribution < 1.29 is 9.53 Å². The molecule has 8 nitrogen and oxygen atoms in total. The highest BCUT2D eigenvalue weighted by Gasteiger charge is 2.28. The van der Waals surface area contributed by atoms with Gasteiger partial charge in [-0.1, -0.05) is 19.3 Å². The van der Waals surface area contributed by atoms with Gasteiger partial charge in [-0.25, -0.2) is 19.1 Å². The van der Waals surface area contributed by atoms with Crippen molar-refractivity contribution >= 4 is 34.5 Å². The highest BCUT2D eigenvalue weighted by molar-refractivity contribution is 6.37. The molecule has 1 saturated heterocycles. The molecule has 2 aromatic heterocycles. The van der Waals surface area contributed by atoms with Gasteiger partial charge < -0.3 is 4.74 Å². The van der Waals surface area contributed by atoms with E-state index < -0.39 is 0 Å². The summed E-state index contributed by atoms with van der Waals surface area (Å²) in [6.45, 7) is 5.02. The molecule has 1 aliphatic heterocycles. The van der Waals surface area contributed by atoms with E-state index in [1.807, 2.05) is 4.68 Å². The van der Waals surface area contributed by atoms with Crippen molar-refractivity contribution in [3.63, 3.8) is 0 Å². The maximum absolute atomic E-state index is 12.8. The van der Waals surface area contributed by atoms with Gasteiger partial charge in [-0.2, -0.15) is 5.10 Å². The minimum atomic E-state index is -0.0718. The molecular weight excluding hydrogens is 368 g/mol. The summed E-state index contributed by atoms with van der Waals surface area (Å²) >= 11 is 6.41. The second-order valence-corrected chi connectivity index (χ2v) is 7.55. The van der Waals surface area contributed by atoms with E-state index in [1.165, 1.54) is 17.2 Å². The van der Waals surface area contributed by atoms with Gasteiger partial charge in [0.2, 0.25) is 5.91 Å². The van der Waals surface area contributed by atoms with Gasteiger partial charge in [0.25, 0.3) is 0 Å². The van der Waals surface area contributed by atoms with E-state index in [4.69, 9.17) is 16.5 Å². The Labute approximate surface area is 163 Å². The summed E-state index contributed by atoms with van der Waals surface area (Å²) in [5.41, 5.74) is 0.704. The molecule has 0 bridgehead atoms. The van der Waals surface area contributed by atoms with Crippen molar-refractivity contribution in [3.05, 3.63) is 12.5 Å². The average molecular weight is 393 g/mol. The predicted molar refractivity (Wildman–Crippen MR) is 102 cm³/mol. The first-order valence-electron chi connectivity index (χ1n) is 9.70. The molecule has 0 N–H and O–H groups in total. The number of nitrogens with zero attached hydrogens (tertiary/aromatic N) is 6. The van der Waals surface area contributed by atoms with Crippen molar-refractivity contribution in [2.45, 2.75) is 38.6 Å². The van der Waals surface area contributed by atoms with E-state index in [0.29, 0.717) is 16.9 Å². The standard InChI is InChI=1S/C18H25ClN6O2/c19-25(18(26)14-4-2-1-3-5-14)17-15-12-22-24(16(15)20-13-21-17)7-6-23-8-10-27-11-9-23/h12-14H,1-11H2. The quantitative estimate of drug-likeness (QED) is 0.726. The van der Waals surface area contributed by atoms with Gasteiger partial charge in [0.05, 0.1) is 31.3 Å². The van der Waals surface area contributed by atoms with Gasteiger partial charge in [0.1, 0.15) is 6.33 Å². The van der Waals surface area contributed by atoms with Gasteiger partial charge in [-0.3, -0.25) is 9.69 Å². The van der Waals surface area contributed by atoms with Crippen LogP contribution >= 0.6 is 11.8 Å². The molecule has 2 aromatic rings. The number of amides is 1. The van der Waals surface area contributed by atoms with E-state index in [9.17, 15) is 4.79 Å². The molecule has 0 atom stereocenters. The number of ether oxygens (including phenoxy) is 1. The van der Waals surface area contributed by atoms with Gasteiger partial charge in [-0.15, -0.1) is 0 Å². The molecular formula is C18H25ClN6O2. The minimum Gasteiger partial charge on any atom is -0.379 e. The van der Waals surface area contributed by atoms with Crippen LogP contribution in [0, 0.1) is 5.92 Å². The van der Waals surface area contributed by atoms with Crippen LogP contribution in [0.3, 0.4) is 0 Å². The van der Waals surface area contributed by atoms with Crippen molar-refractivity contribution in [2.75, 3.05) is 37.3 Å². The number of hydrogen-bond donors (Lipinski definition) is 0. The van der Waals surface area contributed by atoms with Gasteiger partial charge in [-0.05, 0) is 12.8 Å². The lowest BCUT2D eigenvalue weighted by Gasteiger charge is -2.26. The van der Waals surface area contributed by atoms with Gasteiger partial charge in [0.15, 0.2) is 11.5 Å². The van der Waals surface area contributed by atoms with Crippen molar-refractivity contribution in [2.24, 2.45) is 5.92 Å². The van der Waals surface area contributed by atoms with Crippen LogP contribution in [-0.4, -0.2) is 63.4 Å². The number of morpholine rings is 1. The Balaban J connectivity index is 1.50. The zero-order chi connectivity index (χ0) is 18.6. The minimum absolute atomic E-state index is 0.0161. The molecule has 4 rings (SSSR count). The van der Waals surface area contributed by atoms with Crippen LogP contribution in [0.15, 0.2) is 12.5 Å². The Morgan fingerprint density at radius 1 is 1.19 bits per heavy atom. The molecule has 0 aromatic carbocycles. The summed E-state index contributed by atoms with van der Waals surface area (Å²) in [6, 6.07) is 0. The number of anilines is 1. The third-order valence-corrected chi connectivity index (χ3v) is 5.80. The number of halogens is 1. The van der Waals surface area contributed by atoms with Crippen molar-refractivity contribution in [1.82, 2.24) is 24.6 Å². The SMILES string of the molecule is O=C(C1CCCCC1)N(Cl)c1ncnc2c1cnn2CCN1CCOCC1. The average Bonchev–Trinajstić information content (AvgIpc) is 3.16. The van der Waals surface area contributed by atoms with E-state index in [2.05, 4.69) is 20.0 Å². The number of carbonyl (C=O) groups is 1. The van der Waals surface area contributed by atoms with Crippen LogP contribution in [0.5, 0.6) is 0 Å². The van der Waals surface area contributed by atoms with Crippen molar-refractivity contribution in [3.8, 4) is 0 Å². The Bertz CT molecular complexity index is 785. The fraction of sp³-hybridized carbons (Fsp3) is 0.667. The number of rotatable bonds is 5. The van der Waals surface area contributed by atoms with E-state index in [1.54, 1.807) is 6.20 Å². The Hall–Kier alpha value is -1.77. The topological polar surface area (TPSA) is 76.4 Å². The number of carbonyl (C=O) groups excluding carboxylic acids is 1. The first-order valence-corrected chi connectivity index (χ1v) is 10.0. The predicted octanol–water partition coefficient (Wildman–Crippen LogP) is 2.23. The summed E-state index contributed by atoms with van der Waals surface area (Å²) in [5, 5.41) is 5.16. The van der Waals surface area contributed by atoms with Gasteiger partial charge in [0, 0.05) is 37.3 Å². The number of fused-ring (bicyclic) bond motifs is 1. The molecule has 0 radical (unpaired) electrons. The molecule has 1 amide bonds. The first kappa shape index (κ1) is 18.6. The molecule has 146 valence electrons. The highest BCUT2D eigenvalue weighted by Crippen LogP contribution is 2.30. The summed E-state index contributed by atoms with van der Waals surface area (Å²) in [4.78, 5) is 23.8. The van der Waals surface area contributed by atoms with Crippen LogP contribution in [0.1, 0.15) is 32.1 Å². The van der Waals surface area contributed by atoms with E-state index >= 15 is 0 Å². The largest absolute Gasteiger partial charge is 0.379 e. The van der Waals surface area contributed by atoms with Crippen LogP contribution < -0.4 is 4.42 Å². The molecule has 2 aliphatic rings. The van der Waals surface area contributed by atoms with Crippen LogP contribution in [-0.2, 0) is 16.1 Å². The normalized spacial score (nSPS) is 19.4. The Morgan fingerprint density at radius 2 is 1.96 bits per heavy atom. The lowest BCUT2D eigenvalue weighted by Crippen LogP contribution is -2.38. The lowest BCUT2D eigenvalue weighted by atomic mass is 9.88. The third kappa shape index (κ3) is 4.07. The van der Waals surface area contributed by atoms with Crippen LogP contribution in [0.4, 0.5) is 5.82 Å². The van der Waals surface area contributed by atoms with Crippen LogP contribution in [0.25, 0.3) is 11.0 Å². The molecule has 1 saturated carbocycles. The fourth-order valence-corrected chi connectivity index (χ4v) is 4.15. The zero-order valence-electron chi connectivity index (χ0n) is 15.4. The Morgan fingerprint density at radius 3 is 2.74 bits per heavy atom. The molecule has 0 unspecified atom stereocenters. The molecule has 9 heteroatoms. The van der Waals surface area contributed by atoms with Crippen LogP contribution in [0.2, 0.25) is 0 Å². The maximum Gasteiger partial charge on any atom is 0.246 e.